The Labute approximate surface area is 126 Å². The third kappa shape index (κ3) is 2.22. The standard InChI is InChI=1S/C14H18BrN5/c1-8-4-3-5-13(8)20-14(17-18-19-20)11-6-10(15)7-12(16)9(11)2/h6-8,13H,3-5,16H2,1-2H3. The summed E-state index contributed by atoms with van der Waals surface area (Å²) in [5.74, 6) is 1.43. The Morgan fingerprint density at radius 1 is 1.35 bits per heavy atom. The summed E-state index contributed by atoms with van der Waals surface area (Å²) in [6.07, 6.45) is 3.62. The van der Waals surface area contributed by atoms with Gasteiger partial charge in [0.1, 0.15) is 0 Å². The number of aromatic nitrogens is 4. The average Bonchev–Trinajstić information content (AvgIpc) is 3.01. The maximum Gasteiger partial charge on any atom is 0.182 e. The molecule has 1 aromatic heterocycles. The van der Waals surface area contributed by atoms with Crippen molar-refractivity contribution < 1.29 is 0 Å². The van der Waals surface area contributed by atoms with Gasteiger partial charge in [0.05, 0.1) is 6.04 Å². The molecular formula is C14H18BrN5. The minimum Gasteiger partial charge on any atom is -0.398 e. The monoisotopic (exact) mass is 335 g/mol. The lowest BCUT2D eigenvalue weighted by Crippen LogP contribution is -2.15. The van der Waals surface area contributed by atoms with Gasteiger partial charge in [-0.2, -0.15) is 0 Å². The number of nitrogen functional groups attached to an aromatic ring is 1. The second-order valence-electron chi connectivity index (χ2n) is 5.59. The normalized spacial score (nSPS) is 22.4. The molecule has 106 valence electrons. The highest BCUT2D eigenvalue weighted by molar-refractivity contribution is 9.10. The Hall–Kier alpha value is -1.43. The number of halogens is 1. The van der Waals surface area contributed by atoms with Crippen molar-refractivity contribution in [2.75, 3.05) is 5.73 Å². The van der Waals surface area contributed by atoms with Crippen LogP contribution in [0.2, 0.25) is 0 Å². The SMILES string of the molecule is Cc1c(N)cc(Br)cc1-c1nnnn1C1CCCC1C. The van der Waals surface area contributed by atoms with Gasteiger partial charge < -0.3 is 5.73 Å². The summed E-state index contributed by atoms with van der Waals surface area (Å²) in [7, 11) is 0. The molecule has 2 N–H and O–H groups in total. The molecule has 1 aliphatic carbocycles. The number of benzene rings is 1. The number of hydrogen-bond donors (Lipinski definition) is 1. The Morgan fingerprint density at radius 2 is 2.15 bits per heavy atom. The van der Waals surface area contributed by atoms with Crippen molar-refractivity contribution in [2.24, 2.45) is 5.92 Å². The van der Waals surface area contributed by atoms with Crippen LogP contribution in [0, 0.1) is 12.8 Å². The van der Waals surface area contributed by atoms with Gasteiger partial charge in [-0.05, 0) is 53.8 Å². The predicted molar refractivity (Wildman–Crippen MR) is 82.2 cm³/mol. The van der Waals surface area contributed by atoms with Gasteiger partial charge in [-0.25, -0.2) is 4.68 Å². The number of nitrogens with two attached hydrogens (primary N) is 1. The van der Waals surface area contributed by atoms with Gasteiger partial charge in [0.15, 0.2) is 5.82 Å². The molecule has 1 fully saturated rings. The summed E-state index contributed by atoms with van der Waals surface area (Å²) < 4.78 is 2.93. The summed E-state index contributed by atoms with van der Waals surface area (Å²) in [6.45, 7) is 4.28. The van der Waals surface area contributed by atoms with E-state index in [1.165, 1.54) is 12.8 Å². The van der Waals surface area contributed by atoms with E-state index < -0.39 is 0 Å². The highest BCUT2D eigenvalue weighted by atomic mass is 79.9. The fourth-order valence-corrected chi connectivity index (χ4v) is 3.49. The van der Waals surface area contributed by atoms with Crippen molar-refractivity contribution in [3.05, 3.63) is 22.2 Å². The third-order valence-electron chi connectivity index (χ3n) is 4.28. The molecule has 3 rings (SSSR count). The second-order valence-corrected chi connectivity index (χ2v) is 6.51. The quantitative estimate of drug-likeness (QED) is 0.854. The molecule has 0 saturated heterocycles. The van der Waals surface area contributed by atoms with Crippen LogP contribution < -0.4 is 5.73 Å². The van der Waals surface area contributed by atoms with Crippen molar-refractivity contribution >= 4 is 21.6 Å². The molecule has 20 heavy (non-hydrogen) atoms. The van der Waals surface area contributed by atoms with Crippen LogP contribution in [0.15, 0.2) is 16.6 Å². The first-order valence-corrected chi connectivity index (χ1v) is 7.71. The molecule has 0 radical (unpaired) electrons. The van der Waals surface area contributed by atoms with E-state index in [-0.39, 0.29) is 0 Å². The molecule has 2 unspecified atom stereocenters. The van der Waals surface area contributed by atoms with Crippen molar-refractivity contribution in [3.8, 4) is 11.4 Å². The van der Waals surface area contributed by atoms with E-state index in [0.29, 0.717) is 12.0 Å². The van der Waals surface area contributed by atoms with E-state index in [2.05, 4.69) is 38.4 Å². The highest BCUT2D eigenvalue weighted by Gasteiger charge is 2.29. The van der Waals surface area contributed by atoms with Crippen molar-refractivity contribution in [3.63, 3.8) is 0 Å². The highest BCUT2D eigenvalue weighted by Crippen LogP contribution is 2.38. The van der Waals surface area contributed by atoms with Crippen LogP contribution in [0.5, 0.6) is 0 Å². The van der Waals surface area contributed by atoms with Gasteiger partial charge in [0, 0.05) is 15.7 Å². The second kappa shape index (κ2) is 5.16. The summed E-state index contributed by atoms with van der Waals surface area (Å²) in [4.78, 5) is 0. The van der Waals surface area contributed by atoms with Gasteiger partial charge >= 0.3 is 0 Å². The molecule has 0 amide bonds. The Kier molecular flexibility index (Phi) is 3.50. The summed E-state index contributed by atoms with van der Waals surface area (Å²) in [6, 6.07) is 4.33. The molecule has 2 aromatic rings. The summed E-state index contributed by atoms with van der Waals surface area (Å²) >= 11 is 3.49. The molecule has 1 heterocycles. The topological polar surface area (TPSA) is 69.6 Å². The lowest BCUT2D eigenvalue weighted by molar-refractivity contribution is 0.370. The molecule has 1 aromatic carbocycles. The van der Waals surface area contributed by atoms with E-state index in [0.717, 1.165) is 33.5 Å². The van der Waals surface area contributed by atoms with E-state index >= 15 is 0 Å². The number of hydrogen-bond acceptors (Lipinski definition) is 4. The van der Waals surface area contributed by atoms with Crippen molar-refractivity contribution in [2.45, 2.75) is 39.2 Å². The fraction of sp³-hybridized carbons (Fsp3) is 0.500. The van der Waals surface area contributed by atoms with Crippen LogP contribution in [0.25, 0.3) is 11.4 Å². The van der Waals surface area contributed by atoms with Gasteiger partial charge in [0.25, 0.3) is 0 Å². The minimum atomic E-state index is 0.389. The average molecular weight is 336 g/mol. The van der Waals surface area contributed by atoms with Crippen molar-refractivity contribution in [1.29, 1.82) is 0 Å². The molecule has 1 aliphatic rings. The van der Waals surface area contributed by atoms with Gasteiger partial charge in [-0.1, -0.05) is 29.3 Å². The zero-order valence-electron chi connectivity index (χ0n) is 11.7. The van der Waals surface area contributed by atoms with Crippen LogP contribution in [-0.4, -0.2) is 20.2 Å². The first-order valence-electron chi connectivity index (χ1n) is 6.91. The van der Waals surface area contributed by atoms with Crippen LogP contribution in [0.3, 0.4) is 0 Å². The zero-order valence-corrected chi connectivity index (χ0v) is 13.3. The lowest BCUT2D eigenvalue weighted by atomic mass is 10.0. The fourth-order valence-electron chi connectivity index (χ4n) is 3.02. The van der Waals surface area contributed by atoms with E-state index in [4.69, 9.17) is 5.73 Å². The molecule has 1 saturated carbocycles. The van der Waals surface area contributed by atoms with Gasteiger partial charge in [0.2, 0.25) is 0 Å². The maximum absolute atomic E-state index is 6.05. The number of rotatable bonds is 2. The van der Waals surface area contributed by atoms with Gasteiger partial charge in [-0.15, -0.1) is 5.10 Å². The number of tetrazole rings is 1. The van der Waals surface area contributed by atoms with E-state index in [1.54, 1.807) is 0 Å². The molecular weight excluding hydrogens is 318 g/mol. The first-order chi connectivity index (χ1) is 9.58. The molecule has 0 spiro atoms. The van der Waals surface area contributed by atoms with Crippen LogP contribution in [0.1, 0.15) is 37.8 Å². The predicted octanol–water partition coefficient (Wildman–Crippen LogP) is 3.35. The Morgan fingerprint density at radius 3 is 2.85 bits per heavy atom. The smallest absolute Gasteiger partial charge is 0.182 e. The summed E-state index contributed by atoms with van der Waals surface area (Å²) in [5.41, 5.74) is 8.83. The maximum atomic E-state index is 6.05. The van der Waals surface area contributed by atoms with Crippen LogP contribution in [0.4, 0.5) is 5.69 Å². The zero-order chi connectivity index (χ0) is 14.3. The molecule has 2 atom stereocenters. The largest absolute Gasteiger partial charge is 0.398 e. The van der Waals surface area contributed by atoms with Crippen molar-refractivity contribution in [1.82, 2.24) is 20.2 Å². The summed E-state index contributed by atoms with van der Waals surface area (Å²) in [5, 5.41) is 12.3. The number of anilines is 1. The van der Waals surface area contributed by atoms with Crippen LogP contribution in [-0.2, 0) is 0 Å². The van der Waals surface area contributed by atoms with Crippen LogP contribution >= 0.6 is 15.9 Å². The minimum absolute atomic E-state index is 0.389. The van der Waals surface area contributed by atoms with E-state index in [9.17, 15) is 0 Å². The van der Waals surface area contributed by atoms with E-state index in [1.807, 2.05) is 23.7 Å². The first kappa shape index (κ1) is 13.5. The Balaban J connectivity index is 2.10. The molecule has 5 nitrogen and oxygen atoms in total. The molecule has 0 bridgehead atoms. The molecule has 6 heteroatoms. The lowest BCUT2D eigenvalue weighted by Gasteiger charge is -2.18. The number of nitrogens with zero attached hydrogens (tertiary/aromatic N) is 4. The third-order valence-corrected chi connectivity index (χ3v) is 4.73. The Bertz CT molecular complexity index is 636. The van der Waals surface area contributed by atoms with Gasteiger partial charge in [-0.3, -0.25) is 0 Å². The molecule has 0 aliphatic heterocycles.